The van der Waals surface area contributed by atoms with Gasteiger partial charge in [0.25, 0.3) is 0 Å². The third-order valence-corrected chi connectivity index (χ3v) is 3.98. The number of piperazine rings is 1. The molecule has 0 saturated carbocycles. The van der Waals surface area contributed by atoms with E-state index in [1.54, 1.807) is 30.9 Å². The smallest absolute Gasteiger partial charge is 0.242 e. The standard InChI is InChI=1S/C17H25N5O2/c1-17(2,24)13-21-6-8-22(9-7-21)16(23)12-20(3)15-5-4-14(10-18)11-19-15/h4-5,11,24H,6-9,12-13H2,1-3H3. The molecule has 0 unspecified atom stereocenters. The van der Waals surface area contributed by atoms with Gasteiger partial charge in [0.05, 0.1) is 17.7 Å². The molecule has 0 aromatic carbocycles. The fourth-order valence-corrected chi connectivity index (χ4v) is 2.76. The predicted molar refractivity (Wildman–Crippen MR) is 91.5 cm³/mol. The second-order valence-corrected chi connectivity index (χ2v) is 6.84. The van der Waals surface area contributed by atoms with E-state index in [0.29, 0.717) is 31.0 Å². The molecule has 0 atom stereocenters. The molecular formula is C17H25N5O2. The van der Waals surface area contributed by atoms with Crippen molar-refractivity contribution in [2.45, 2.75) is 19.4 Å². The molecule has 24 heavy (non-hydrogen) atoms. The van der Waals surface area contributed by atoms with Crippen LogP contribution in [0.2, 0.25) is 0 Å². The van der Waals surface area contributed by atoms with Gasteiger partial charge in [-0.05, 0) is 26.0 Å². The van der Waals surface area contributed by atoms with Gasteiger partial charge in [-0.1, -0.05) is 0 Å². The maximum Gasteiger partial charge on any atom is 0.242 e. The van der Waals surface area contributed by atoms with Crippen LogP contribution < -0.4 is 4.90 Å². The first-order valence-corrected chi connectivity index (χ1v) is 8.08. The Morgan fingerprint density at radius 3 is 2.54 bits per heavy atom. The van der Waals surface area contributed by atoms with E-state index < -0.39 is 5.60 Å². The Labute approximate surface area is 143 Å². The maximum absolute atomic E-state index is 12.4. The van der Waals surface area contributed by atoms with Gasteiger partial charge in [-0.3, -0.25) is 9.69 Å². The molecule has 2 heterocycles. The summed E-state index contributed by atoms with van der Waals surface area (Å²) in [5, 5.41) is 18.7. The van der Waals surface area contributed by atoms with Crippen LogP contribution in [-0.4, -0.2) is 77.7 Å². The van der Waals surface area contributed by atoms with E-state index >= 15 is 0 Å². The van der Waals surface area contributed by atoms with E-state index in [0.717, 1.165) is 13.1 Å². The number of carbonyl (C=O) groups excluding carboxylic acids is 1. The largest absolute Gasteiger partial charge is 0.389 e. The number of hydrogen-bond acceptors (Lipinski definition) is 6. The number of amides is 1. The Hall–Kier alpha value is -2.17. The topological polar surface area (TPSA) is 83.7 Å². The summed E-state index contributed by atoms with van der Waals surface area (Å²) in [5.74, 6) is 0.731. The molecule has 1 N–H and O–H groups in total. The summed E-state index contributed by atoms with van der Waals surface area (Å²) in [4.78, 5) is 22.4. The Kier molecular flexibility index (Phi) is 5.75. The Balaban J connectivity index is 1.83. The van der Waals surface area contributed by atoms with Crippen molar-refractivity contribution in [3.05, 3.63) is 23.9 Å². The first-order chi connectivity index (χ1) is 11.3. The number of β-amino-alcohol motifs (C(OH)–C–C–N with tert-alkyl or cyclic N) is 1. The molecule has 1 aromatic rings. The Bertz CT molecular complexity index is 595. The lowest BCUT2D eigenvalue weighted by Gasteiger charge is -2.37. The van der Waals surface area contributed by atoms with Gasteiger partial charge >= 0.3 is 0 Å². The number of hydrogen-bond donors (Lipinski definition) is 1. The zero-order valence-electron chi connectivity index (χ0n) is 14.6. The second kappa shape index (κ2) is 7.60. The van der Waals surface area contributed by atoms with Gasteiger partial charge in [-0.15, -0.1) is 0 Å². The summed E-state index contributed by atoms with van der Waals surface area (Å²) in [6, 6.07) is 5.46. The van der Waals surface area contributed by atoms with E-state index in [9.17, 15) is 9.90 Å². The third-order valence-electron chi connectivity index (χ3n) is 3.98. The van der Waals surface area contributed by atoms with Gasteiger partial charge in [0.15, 0.2) is 0 Å². The number of rotatable bonds is 5. The number of likely N-dealkylation sites (N-methyl/N-ethyl adjacent to an activating group) is 1. The highest BCUT2D eigenvalue weighted by molar-refractivity contribution is 5.81. The molecular weight excluding hydrogens is 306 g/mol. The minimum atomic E-state index is -0.715. The second-order valence-electron chi connectivity index (χ2n) is 6.84. The number of anilines is 1. The summed E-state index contributed by atoms with van der Waals surface area (Å²) in [6.07, 6.45) is 1.51. The van der Waals surface area contributed by atoms with Gasteiger partial charge in [0, 0.05) is 46.0 Å². The predicted octanol–water partition coefficient (Wildman–Crippen LogP) is 0.305. The molecule has 1 fully saturated rings. The molecule has 1 aromatic heterocycles. The number of pyridine rings is 1. The molecule has 2 rings (SSSR count). The van der Waals surface area contributed by atoms with E-state index in [4.69, 9.17) is 5.26 Å². The average molecular weight is 331 g/mol. The maximum atomic E-state index is 12.4. The SMILES string of the molecule is CN(CC(=O)N1CCN(CC(C)(C)O)CC1)c1ccc(C#N)cn1. The zero-order chi connectivity index (χ0) is 17.7. The molecule has 1 saturated heterocycles. The lowest BCUT2D eigenvalue weighted by molar-refractivity contribution is -0.131. The van der Waals surface area contributed by atoms with Crippen molar-refractivity contribution in [2.24, 2.45) is 0 Å². The van der Waals surface area contributed by atoms with Gasteiger partial charge in [-0.25, -0.2) is 4.98 Å². The van der Waals surface area contributed by atoms with Crippen molar-refractivity contribution < 1.29 is 9.90 Å². The first kappa shape index (κ1) is 18.2. The molecule has 1 amide bonds. The monoisotopic (exact) mass is 331 g/mol. The van der Waals surface area contributed by atoms with Crippen LogP contribution in [0.25, 0.3) is 0 Å². The minimum absolute atomic E-state index is 0.0616. The molecule has 130 valence electrons. The van der Waals surface area contributed by atoms with Crippen LogP contribution >= 0.6 is 0 Å². The Morgan fingerprint density at radius 2 is 2.04 bits per heavy atom. The van der Waals surface area contributed by atoms with Crippen LogP contribution in [0.1, 0.15) is 19.4 Å². The van der Waals surface area contributed by atoms with Crippen molar-refractivity contribution in [1.29, 1.82) is 5.26 Å². The third kappa shape index (κ3) is 5.18. The average Bonchev–Trinajstić information content (AvgIpc) is 2.54. The number of aromatic nitrogens is 1. The number of aliphatic hydroxyl groups is 1. The lowest BCUT2D eigenvalue weighted by atomic mass is 10.1. The van der Waals surface area contributed by atoms with Crippen LogP contribution in [0.5, 0.6) is 0 Å². The van der Waals surface area contributed by atoms with Crippen molar-refractivity contribution in [2.75, 3.05) is 51.2 Å². The van der Waals surface area contributed by atoms with Crippen molar-refractivity contribution in [3.8, 4) is 6.07 Å². The molecule has 1 aliphatic rings. The highest BCUT2D eigenvalue weighted by Gasteiger charge is 2.25. The van der Waals surface area contributed by atoms with Gasteiger partial charge in [0.2, 0.25) is 5.91 Å². The van der Waals surface area contributed by atoms with E-state index in [-0.39, 0.29) is 12.5 Å². The van der Waals surface area contributed by atoms with Crippen LogP contribution in [0.15, 0.2) is 18.3 Å². The highest BCUT2D eigenvalue weighted by Crippen LogP contribution is 2.11. The Morgan fingerprint density at radius 1 is 1.38 bits per heavy atom. The molecule has 0 radical (unpaired) electrons. The number of nitrogens with zero attached hydrogens (tertiary/aromatic N) is 5. The van der Waals surface area contributed by atoms with Crippen molar-refractivity contribution in [3.63, 3.8) is 0 Å². The van der Waals surface area contributed by atoms with Crippen LogP contribution in [0, 0.1) is 11.3 Å². The fraction of sp³-hybridized carbons (Fsp3) is 0.588. The van der Waals surface area contributed by atoms with E-state index in [1.165, 1.54) is 6.20 Å². The van der Waals surface area contributed by atoms with Crippen molar-refractivity contribution in [1.82, 2.24) is 14.8 Å². The zero-order valence-corrected chi connectivity index (χ0v) is 14.6. The number of nitriles is 1. The molecule has 0 bridgehead atoms. The first-order valence-electron chi connectivity index (χ1n) is 8.08. The molecule has 1 aliphatic heterocycles. The highest BCUT2D eigenvalue weighted by atomic mass is 16.3. The normalized spacial score (nSPS) is 15.9. The van der Waals surface area contributed by atoms with E-state index in [1.807, 2.05) is 18.0 Å². The quantitative estimate of drug-likeness (QED) is 0.836. The van der Waals surface area contributed by atoms with Crippen LogP contribution in [-0.2, 0) is 4.79 Å². The molecule has 7 nitrogen and oxygen atoms in total. The van der Waals surface area contributed by atoms with Gasteiger partial charge in [0.1, 0.15) is 11.9 Å². The summed E-state index contributed by atoms with van der Waals surface area (Å²) in [5.41, 5.74) is -0.213. The van der Waals surface area contributed by atoms with Crippen LogP contribution in [0.3, 0.4) is 0 Å². The molecule has 0 spiro atoms. The minimum Gasteiger partial charge on any atom is -0.389 e. The summed E-state index contributed by atoms with van der Waals surface area (Å²) >= 11 is 0. The summed E-state index contributed by atoms with van der Waals surface area (Å²) in [7, 11) is 1.82. The fourth-order valence-electron chi connectivity index (χ4n) is 2.76. The number of carbonyl (C=O) groups is 1. The summed E-state index contributed by atoms with van der Waals surface area (Å²) < 4.78 is 0. The molecule has 0 aliphatic carbocycles. The van der Waals surface area contributed by atoms with Crippen molar-refractivity contribution >= 4 is 11.7 Å². The molecule has 7 heteroatoms. The van der Waals surface area contributed by atoms with Gasteiger partial charge < -0.3 is 14.9 Å². The van der Waals surface area contributed by atoms with Crippen LogP contribution in [0.4, 0.5) is 5.82 Å². The van der Waals surface area contributed by atoms with Gasteiger partial charge in [-0.2, -0.15) is 5.26 Å². The van der Waals surface area contributed by atoms with E-state index in [2.05, 4.69) is 9.88 Å². The summed E-state index contributed by atoms with van der Waals surface area (Å²) in [6.45, 7) is 7.35. The lowest BCUT2D eigenvalue weighted by Crippen LogP contribution is -2.53.